The number of likely N-dealkylation sites (tertiary alicyclic amines) is 1. The van der Waals surface area contributed by atoms with E-state index < -0.39 is 5.60 Å². The van der Waals surface area contributed by atoms with E-state index >= 15 is 0 Å². The molecule has 1 fully saturated rings. The van der Waals surface area contributed by atoms with Gasteiger partial charge in [0.2, 0.25) is 11.8 Å². The number of rotatable bonds is 4. The van der Waals surface area contributed by atoms with Crippen LogP contribution in [0.4, 0.5) is 0 Å². The molecule has 4 rings (SSSR count). The summed E-state index contributed by atoms with van der Waals surface area (Å²) in [5, 5.41) is 7.31. The zero-order chi connectivity index (χ0) is 20.4. The van der Waals surface area contributed by atoms with Crippen molar-refractivity contribution in [3.05, 3.63) is 42.5 Å². The zero-order valence-corrected chi connectivity index (χ0v) is 16.9. The third kappa shape index (κ3) is 4.11. The average molecular weight is 397 g/mol. The highest BCUT2D eigenvalue weighted by Gasteiger charge is 2.43. The molecule has 0 bridgehead atoms. The van der Waals surface area contributed by atoms with Crippen molar-refractivity contribution in [2.75, 3.05) is 13.6 Å². The molecule has 2 aromatic rings. The molecule has 1 aromatic heterocycles. The molecule has 3 atom stereocenters. The maximum Gasteiger partial charge on any atom is 0.225 e. The van der Waals surface area contributed by atoms with Crippen molar-refractivity contribution in [3.63, 3.8) is 0 Å². The summed E-state index contributed by atoms with van der Waals surface area (Å²) in [5.74, 6) is 0.667. The predicted molar refractivity (Wildman–Crippen MR) is 106 cm³/mol. The van der Waals surface area contributed by atoms with Gasteiger partial charge in [0.15, 0.2) is 0 Å². The van der Waals surface area contributed by atoms with Crippen LogP contribution in [0, 0.1) is 5.92 Å². The summed E-state index contributed by atoms with van der Waals surface area (Å²) in [4.78, 5) is 30.8. The molecule has 1 N–H and O–H groups in total. The first-order valence-corrected chi connectivity index (χ1v) is 10.1. The quantitative estimate of drug-likeness (QED) is 0.852. The van der Waals surface area contributed by atoms with Crippen LogP contribution in [0.1, 0.15) is 44.2 Å². The molecule has 0 unspecified atom stereocenters. The van der Waals surface area contributed by atoms with Gasteiger partial charge in [0, 0.05) is 38.4 Å². The van der Waals surface area contributed by atoms with Crippen molar-refractivity contribution in [2.24, 2.45) is 5.92 Å². The molecule has 1 aromatic carbocycles. The fourth-order valence-corrected chi connectivity index (χ4v) is 4.20. The fourth-order valence-electron chi connectivity index (χ4n) is 4.20. The number of nitrogens with zero attached hydrogens (tertiary/aromatic N) is 4. The molecule has 0 aliphatic carbocycles. The molecule has 3 heterocycles. The highest BCUT2D eigenvalue weighted by molar-refractivity contribution is 5.79. The molecule has 8 heteroatoms. The highest BCUT2D eigenvalue weighted by Crippen LogP contribution is 2.44. The number of fused-ring (bicyclic) bond motifs is 1. The summed E-state index contributed by atoms with van der Waals surface area (Å²) in [6, 6.07) is 7.71. The molecule has 8 nitrogen and oxygen atoms in total. The second kappa shape index (κ2) is 7.85. The van der Waals surface area contributed by atoms with Crippen LogP contribution in [-0.2, 0) is 16.1 Å². The number of para-hydroxylation sites is 1. The predicted octanol–water partition coefficient (Wildman–Crippen LogP) is 1.94. The molecule has 1 saturated heterocycles. The van der Waals surface area contributed by atoms with Gasteiger partial charge >= 0.3 is 0 Å². The average Bonchev–Trinajstić information content (AvgIpc) is 3.19. The Kier molecular flexibility index (Phi) is 5.25. The summed E-state index contributed by atoms with van der Waals surface area (Å²) in [7, 11) is 1.84. The second-order valence-electron chi connectivity index (χ2n) is 8.17. The number of ether oxygens (including phenoxy) is 1. The van der Waals surface area contributed by atoms with E-state index in [0.717, 1.165) is 17.7 Å². The monoisotopic (exact) mass is 397 g/mol. The molecule has 154 valence electrons. The number of carbonyl (C=O) groups excluding carboxylic acids is 2. The standard InChI is InChI=1S/C21H27N5O3/c1-15(12-26-14-22-13-23-26)20(28)24-17-11-21(8-7-19(27)25(2)10-9-21)29-18-6-4-3-5-16(17)18/h3-6,13-15,17H,7-12H2,1-2H3,(H,24,28)/t15-,17+,21+/m1/s1. The van der Waals surface area contributed by atoms with Crippen LogP contribution < -0.4 is 10.1 Å². The van der Waals surface area contributed by atoms with Crippen molar-refractivity contribution in [3.8, 4) is 5.75 Å². The van der Waals surface area contributed by atoms with Gasteiger partial charge in [-0.2, -0.15) is 5.10 Å². The lowest BCUT2D eigenvalue weighted by Crippen LogP contribution is -2.46. The third-order valence-corrected chi connectivity index (χ3v) is 6.01. The van der Waals surface area contributed by atoms with Gasteiger partial charge in [0.25, 0.3) is 0 Å². The largest absolute Gasteiger partial charge is 0.487 e. The fraction of sp³-hybridized carbons (Fsp3) is 0.524. The van der Waals surface area contributed by atoms with Crippen molar-refractivity contribution in [1.29, 1.82) is 0 Å². The van der Waals surface area contributed by atoms with Crippen molar-refractivity contribution >= 4 is 11.8 Å². The molecule has 2 aliphatic rings. The number of benzene rings is 1. The Hall–Kier alpha value is -2.90. The Morgan fingerprint density at radius 1 is 1.38 bits per heavy atom. The van der Waals surface area contributed by atoms with Gasteiger partial charge in [0.05, 0.1) is 18.5 Å². The Bertz CT molecular complexity index is 884. The van der Waals surface area contributed by atoms with Gasteiger partial charge in [-0.1, -0.05) is 25.1 Å². The van der Waals surface area contributed by atoms with Gasteiger partial charge in [0.1, 0.15) is 24.0 Å². The van der Waals surface area contributed by atoms with Crippen LogP contribution in [0.5, 0.6) is 5.75 Å². The third-order valence-electron chi connectivity index (χ3n) is 6.01. The number of amides is 2. The van der Waals surface area contributed by atoms with Gasteiger partial charge in [-0.3, -0.25) is 14.3 Å². The summed E-state index contributed by atoms with van der Waals surface area (Å²) >= 11 is 0. The zero-order valence-electron chi connectivity index (χ0n) is 16.9. The van der Waals surface area contributed by atoms with Gasteiger partial charge < -0.3 is 15.0 Å². The Balaban J connectivity index is 1.53. The number of carbonyl (C=O) groups is 2. The molecule has 0 radical (unpaired) electrons. The maximum absolute atomic E-state index is 12.9. The maximum atomic E-state index is 12.9. The van der Waals surface area contributed by atoms with Crippen LogP contribution in [0.25, 0.3) is 0 Å². The number of nitrogens with one attached hydrogen (secondary N) is 1. The van der Waals surface area contributed by atoms with E-state index in [0.29, 0.717) is 32.4 Å². The van der Waals surface area contributed by atoms with Crippen LogP contribution >= 0.6 is 0 Å². The van der Waals surface area contributed by atoms with Crippen molar-refractivity contribution < 1.29 is 14.3 Å². The number of hydrogen-bond donors (Lipinski definition) is 1. The second-order valence-corrected chi connectivity index (χ2v) is 8.17. The lowest BCUT2D eigenvalue weighted by atomic mass is 9.82. The Labute approximate surface area is 170 Å². The lowest BCUT2D eigenvalue weighted by Gasteiger charge is -2.42. The first kappa shape index (κ1) is 19.4. The van der Waals surface area contributed by atoms with E-state index in [1.54, 1.807) is 15.9 Å². The number of hydrogen-bond acceptors (Lipinski definition) is 5. The number of aromatic nitrogens is 3. The van der Waals surface area contributed by atoms with Crippen LogP contribution in [0.3, 0.4) is 0 Å². The molecule has 2 aliphatic heterocycles. The van der Waals surface area contributed by atoms with Crippen LogP contribution in [0.2, 0.25) is 0 Å². The van der Waals surface area contributed by atoms with E-state index in [4.69, 9.17) is 4.74 Å². The van der Waals surface area contributed by atoms with Gasteiger partial charge in [-0.05, 0) is 12.5 Å². The summed E-state index contributed by atoms with van der Waals surface area (Å²) in [6.07, 6.45) is 5.61. The van der Waals surface area contributed by atoms with E-state index in [9.17, 15) is 9.59 Å². The van der Waals surface area contributed by atoms with E-state index in [1.165, 1.54) is 6.33 Å². The van der Waals surface area contributed by atoms with Crippen LogP contribution in [-0.4, -0.2) is 50.7 Å². The molecular formula is C21H27N5O3. The SMILES string of the molecule is C[C@H](Cn1cncn1)C(=O)N[C@H]1C[C@@]2(CCC(=O)N(C)CC2)Oc2ccccc21. The highest BCUT2D eigenvalue weighted by atomic mass is 16.5. The lowest BCUT2D eigenvalue weighted by molar-refractivity contribution is -0.129. The molecular weight excluding hydrogens is 370 g/mol. The summed E-state index contributed by atoms with van der Waals surface area (Å²) < 4.78 is 8.11. The Morgan fingerprint density at radius 3 is 3.00 bits per heavy atom. The van der Waals surface area contributed by atoms with Gasteiger partial charge in [-0.25, -0.2) is 4.98 Å². The molecule has 29 heavy (non-hydrogen) atoms. The van der Waals surface area contributed by atoms with Crippen molar-refractivity contribution in [1.82, 2.24) is 25.0 Å². The van der Waals surface area contributed by atoms with E-state index in [-0.39, 0.29) is 23.8 Å². The minimum atomic E-state index is -0.443. The first-order valence-electron chi connectivity index (χ1n) is 10.1. The van der Waals surface area contributed by atoms with Crippen LogP contribution in [0.15, 0.2) is 36.9 Å². The minimum Gasteiger partial charge on any atom is -0.487 e. The molecule has 1 spiro atoms. The molecule has 2 amide bonds. The minimum absolute atomic E-state index is 0.0285. The van der Waals surface area contributed by atoms with Crippen molar-refractivity contribution in [2.45, 2.75) is 50.8 Å². The summed E-state index contributed by atoms with van der Waals surface area (Å²) in [5.41, 5.74) is 0.547. The summed E-state index contributed by atoms with van der Waals surface area (Å²) in [6.45, 7) is 3.02. The smallest absolute Gasteiger partial charge is 0.225 e. The topological polar surface area (TPSA) is 89.3 Å². The molecule has 0 saturated carbocycles. The van der Waals surface area contributed by atoms with E-state index in [2.05, 4.69) is 15.4 Å². The first-order chi connectivity index (χ1) is 14.0. The van der Waals surface area contributed by atoms with E-state index in [1.807, 2.05) is 38.2 Å². The normalized spacial score (nSPS) is 25.1. The Morgan fingerprint density at radius 2 is 2.21 bits per heavy atom. The van der Waals surface area contributed by atoms with Gasteiger partial charge in [-0.15, -0.1) is 0 Å².